The van der Waals surface area contributed by atoms with E-state index >= 15 is 0 Å². The summed E-state index contributed by atoms with van der Waals surface area (Å²) in [6, 6.07) is 22.0. The number of tetrazole rings is 1. The average molecular weight is 438 g/mol. The molecule has 1 aliphatic carbocycles. The van der Waals surface area contributed by atoms with Crippen molar-refractivity contribution in [2.24, 2.45) is 0 Å². The first-order valence-electron chi connectivity index (χ1n) is 10.8. The molecule has 0 spiro atoms. The first-order chi connectivity index (χ1) is 16.1. The molecule has 8 nitrogen and oxygen atoms in total. The highest BCUT2D eigenvalue weighted by Gasteiger charge is 2.28. The minimum Gasteiger partial charge on any atom is -0.322 e. The van der Waals surface area contributed by atoms with Crippen LogP contribution in [0.5, 0.6) is 0 Å². The second-order valence-corrected chi connectivity index (χ2v) is 8.06. The van der Waals surface area contributed by atoms with E-state index in [1.165, 1.54) is 0 Å². The summed E-state index contributed by atoms with van der Waals surface area (Å²) in [7, 11) is 0. The summed E-state index contributed by atoms with van der Waals surface area (Å²) in [5.74, 6) is 0.191. The summed E-state index contributed by atoms with van der Waals surface area (Å²) in [4.78, 5) is 25.5. The highest BCUT2D eigenvalue weighted by atomic mass is 16.2. The number of nitrogens with zero attached hydrogens (tertiary/aromatic N) is 4. The maximum atomic E-state index is 12.9. The minimum atomic E-state index is -0.274. The van der Waals surface area contributed by atoms with Crippen LogP contribution in [0.15, 0.2) is 72.8 Å². The Bertz CT molecular complexity index is 1330. The zero-order valence-corrected chi connectivity index (χ0v) is 18.0. The van der Waals surface area contributed by atoms with Crippen LogP contribution in [0.3, 0.4) is 0 Å². The Morgan fingerprint density at radius 3 is 2.45 bits per heavy atom. The van der Waals surface area contributed by atoms with E-state index < -0.39 is 0 Å². The van der Waals surface area contributed by atoms with Crippen LogP contribution in [-0.2, 0) is 0 Å². The molecular weight excluding hydrogens is 416 g/mol. The number of hydrogen-bond acceptors (Lipinski definition) is 5. The quantitative estimate of drug-likeness (QED) is 0.462. The smallest absolute Gasteiger partial charge is 0.255 e. The van der Waals surface area contributed by atoms with Crippen molar-refractivity contribution < 1.29 is 9.59 Å². The molecule has 0 saturated heterocycles. The molecule has 1 fully saturated rings. The highest BCUT2D eigenvalue weighted by molar-refractivity contribution is 6.07. The van der Waals surface area contributed by atoms with Gasteiger partial charge in [0.1, 0.15) is 0 Å². The molecule has 0 aliphatic heterocycles. The third kappa shape index (κ3) is 4.50. The van der Waals surface area contributed by atoms with E-state index in [9.17, 15) is 9.59 Å². The molecule has 164 valence electrons. The number of anilines is 2. The maximum absolute atomic E-state index is 12.9. The monoisotopic (exact) mass is 438 g/mol. The Hall–Kier alpha value is -4.33. The predicted octanol–water partition coefficient (Wildman–Crippen LogP) is 4.49. The van der Waals surface area contributed by atoms with Crippen LogP contribution in [0.25, 0.3) is 11.4 Å². The van der Waals surface area contributed by atoms with Crippen molar-refractivity contribution in [1.82, 2.24) is 20.2 Å². The van der Waals surface area contributed by atoms with Gasteiger partial charge in [0, 0.05) is 28.1 Å². The molecule has 1 saturated carbocycles. The molecule has 1 aliphatic rings. The lowest BCUT2D eigenvalue weighted by Gasteiger charge is -2.12. The fourth-order valence-corrected chi connectivity index (χ4v) is 3.57. The number of rotatable bonds is 6. The first-order valence-corrected chi connectivity index (χ1v) is 10.8. The second kappa shape index (κ2) is 8.66. The standard InChI is InChI=1S/C25H22N6O2/c1-16-10-11-19(15-22(16)27-24(32)17-6-3-2-4-7-17)25(33)26-20-9-5-8-18(14-20)23-28-29-30-31(23)21-12-13-21/h2-11,14-15,21H,12-13H2,1H3,(H,26,33)(H,27,32). The number of hydrogen-bond donors (Lipinski definition) is 2. The van der Waals surface area contributed by atoms with E-state index in [2.05, 4.69) is 26.2 Å². The number of nitrogens with one attached hydrogen (secondary N) is 2. The van der Waals surface area contributed by atoms with Crippen molar-refractivity contribution in [3.05, 3.63) is 89.5 Å². The third-order valence-electron chi connectivity index (χ3n) is 5.55. The van der Waals surface area contributed by atoms with Gasteiger partial charge < -0.3 is 10.6 Å². The molecule has 1 heterocycles. The number of carbonyl (C=O) groups is 2. The molecule has 8 heteroatoms. The maximum Gasteiger partial charge on any atom is 0.255 e. The zero-order valence-electron chi connectivity index (χ0n) is 18.0. The van der Waals surface area contributed by atoms with E-state index in [0.29, 0.717) is 34.4 Å². The molecule has 5 rings (SSSR count). The summed E-state index contributed by atoms with van der Waals surface area (Å²) >= 11 is 0. The van der Waals surface area contributed by atoms with E-state index in [-0.39, 0.29) is 11.8 Å². The minimum absolute atomic E-state index is 0.225. The van der Waals surface area contributed by atoms with Gasteiger partial charge in [-0.2, -0.15) is 0 Å². The van der Waals surface area contributed by atoms with Crippen molar-refractivity contribution in [3.63, 3.8) is 0 Å². The average Bonchev–Trinajstić information content (AvgIpc) is 3.57. The fraction of sp³-hybridized carbons (Fsp3) is 0.160. The van der Waals surface area contributed by atoms with Gasteiger partial charge in [-0.1, -0.05) is 36.4 Å². The van der Waals surface area contributed by atoms with Crippen LogP contribution in [0.2, 0.25) is 0 Å². The van der Waals surface area contributed by atoms with Crippen LogP contribution in [0.4, 0.5) is 11.4 Å². The van der Waals surface area contributed by atoms with Crippen molar-refractivity contribution in [1.29, 1.82) is 0 Å². The van der Waals surface area contributed by atoms with Gasteiger partial charge in [0.15, 0.2) is 5.82 Å². The van der Waals surface area contributed by atoms with Crippen LogP contribution in [-0.4, -0.2) is 32.0 Å². The van der Waals surface area contributed by atoms with Crippen molar-refractivity contribution in [2.45, 2.75) is 25.8 Å². The van der Waals surface area contributed by atoms with E-state index in [4.69, 9.17) is 0 Å². The van der Waals surface area contributed by atoms with Gasteiger partial charge in [0.2, 0.25) is 0 Å². The van der Waals surface area contributed by atoms with Crippen LogP contribution >= 0.6 is 0 Å². The fourth-order valence-electron chi connectivity index (χ4n) is 3.57. The van der Waals surface area contributed by atoms with Gasteiger partial charge >= 0.3 is 0 Å². The topological polar surface area (TPSA) is 102 Å². The van der Waals surface area contributed by atoms with Crippen molar-refractivity contribution >= 4 is 23.2 Å². The van der Waals surface area contributed by atoms with Gasteiger partial charge in [-0.15, -0.1) is 5.10 Å². The van der Waals surface area contributed by atoms with Crippen molar-refractivity contribution in [3.8, 4) is 11.4 Å². The Morgan fingerprint density at radius 1 is 0.879 bits per heavy atom. The lowest BCUT2D eigenvalue weighted by molar-refractivity contribution is 0.101. The lowest BCUT2D eigenvalue weighted by atomic mass is 10.1. The first kappa shape index (κ1) is 20.6. The molecule has 2 N–H and O–H groups in total. The Kier molecular flexibility index (Phi) is 5.40. The normalized spacial score (nSPS) is 12.9. The second-order valence-electron chi connectivity index (χ2n) is 8.06. The molecular formula is C25H22N6O2. The van der Waals surface area contributed by atoms with E-state index in [1.54, 1.807) is 24.3 Å². The van der Waals surface area contributed by atoms with Crippen LogP contribution < -0.4 is 10.6 Å². The van der Waals surface area contributed by atoms with E-state index in [1.807, 2.05) is 60.1 Å². The van der Waals surface area contributed by atoms with Gasteiger partial charge in [0.25, 0.3) is 11.8 Å². The number of aromatic nitrogens is 4. The number of benzene rings is 3. The van der Waals surface area contributed by atoms with Gasteiger partial charge in [-0.25, -0.2) is 4.68 Å². The van der Waals surface area contributed by atoms with Crippen LogP contribution in [0.1, 0.15) is 45.2 Å². The molecule has 4 aromatic rings. The molecule has 3 aromatic carbocycles. The predicted molar refractivity (Wildman–Crippen MR) is 125 cm³/mol. The molecule has 0 radical (unpaired) electrons. The number of aryl methyl sites for hydroxylation is 1. The van der Waals surface area contributed by atoms with Gasteiger partial charge in [-0.05, 0) is 72.2 Å². The molecule has 2 amide bonds. The Balaban J connectivity index is 1.33. The summed E-state index contributed by atoms with van der Waals surface area (Å²) in [6.45, 7) is 1.88. The summed E-state index contributed by atoms with van der Waals surface area (Å²) < 4.78 is 1.84. The Labute approximate surface area is 190 Å². The zero-order chi connectivity index (χ0) is 22.8. The Morgan fingerprint density at radius 2 is 1.67 bits per heavy atom. The van der Waals surface area contributed by atoms with Gasteiger partial charge in [0.05, 0.1) is 6.04 Å². The van der Waals surface area contributed by atoms with Gasteiger partial charge in [-0.3, -0.25) is 9.59 Å². The van der Waals surface area contributed by atoms with Crippen molar-refractivity contribution in [2.75, 3.05) is 10.6 Å². The SMILES string of the molecule is Cc1ccc(C(=O)Nc2cccc(-c3nnnn3C3CC3)c2)cc1NC(=O)c1ccccc1. The molecule has 33 heavy (non-hydrogen) atoms. The van der Waals surface area contributed by atoms with Crippen LogP contribution in [0, 0.1) is 6.92 Å². The summed E-state index contributed by atoms with van der Waals surface area (Å²) in [5.41, 5.74) is 3.93. The molecule has 1 aromatic heterocycles. The largest absolute Gasteiger partial charge is 0.322 e. The highest BCUT2D eigenvalue weighted by Crippen LogP contribution is 2.36. The third-order valence-corrected chi connectivity index (χ3v) is 5.55. The lowest BCUT2D eigenvalue weighted by Crippen LogP contribution is -2.15. The van der Waals surface area contributed by atoms with E-state index in [0.717, 1.165) is 24.0 Å². The summed E-state index contributed by atoms with van der Waals surface area (Å²) in [6.07, 6.45) is 2.15. The molecule has 0 atom stereocenters. The molecule has 0 unspecified atom stereocenters. The molecule has 0 bridgehead atoms. The summed E-state index contributed by atoms with van der Waals surface area (Å²) in [5, 5.41) is 17.9. The number of amides is 2. The number of carbonyl (C=O) groups excluding carboxylic acids is 2.